The molecule has 0 radical (unpaired) electrons. The Morgan fingerprint density at radius 2 is 2.26 bits per heavy atom. The third kappa shape index (κ3) is 3.44. The van der Waals surface area contributed by atoms with Crippen molar-refractivity contribution in [3.05, 3.63) is 35.1 Å². The standard InChI is InChI=1S/C16H16ClN7O3/c17-8-3-11(16(20-5-8)27-9-1-2-26-7-9)22-13-4-12(18)24-15(23-13)10(6-21-24)14(19)25/h3-6,9H,1-2,7,18H2,(H2,19,25)(H,22,23)/t9-/m1/s1. The number of pyridine rings is 1. The van der Waals surface area contributed by atoms with E-state index >= 15 is 0 Å². The summed E-state index contributed by atoms with van der Waals surface area (Å²) in [7, 11) is 0. The molecule has 140 valence electrons. The average molecular weight is 390 g/mol. The van der Waals surface area contributed by atoms with Crippen molar-refractivity contribution in [2.75, 3.05) is 24.3 Å². The number of carbonyl (C=O) groups excluding carboxylic acids is 1. The number of hydrogen-bond donors (Lipinski definition) is 3. The van der Waals surface area contributed by atoms with E-state index in [1.54, 1.807) is 12.1 Å². The van der Waals surface area contributed by atoms with Gasteiger partial charge in [-0.1, -0.05) is 11.6 Å². The number of rotatable bonds is 5. The number of aromatic nitrogens is 4. The highest BCUT2D eigenvalue weighted by molar-refractivity contribution is 6.30. The summed E-state index contributed by atoms with van der Waals surface area (Å²) < 4.78 is 12.5. The fourth-order valence-corrected chi connectivity index (χ4v) is 2.89. The average Bonchev–Trinajstić information content (AvgIpc) is 3.27. The third-order valence-corrected chi connectivity index (χ3v) is 4.22. The molecule has 0 saturated carbocycles. The van der Waals surface area contributed by atoms with Crippen molar-refractivity contribution >= 4 is 40.5 Å². The van der Waals surface area contributed by atoms with Crippen LogP contribution >= 0.6 is 11.6 Å². The highest BCUT2D eigenvalue weighted by atomic mass is 35.5. The van der Waals surface area contributed by atoms with Crippen molar-refractivity contribution in [3.8, 4) is 5.88 Å². The molecule has 1 atom stereocenters. The lowest BCUT2D eigenvalue weighted by atomic mass is 10.3. The van der Waals surface area contributed by atoms with Gasteiger partial charge in [-0.3, -0.25) is 4.79 Å². The Kier molecular flexibility index (Phi) is 4.42. The highest BCUT2D eigenvalue weighted by Gasteiger charge is 2.20. The van der Waals surface area contributed by atoms with Gasteiger partial charge in [-0.05, 0) is 6.07 Å². The second kappa shape index (κ2) is 6.89. The van der Waals surface area contributed by atoms with Crippen LogP contribution in [0.3, 0.4) is 0 Å². The molecule has 5 N–H and O–H groups in total. The van der Waals surface area contributed by atoms with Gasteiger partial charge >= 0.3 is 0 Å². The number of nitrogens with one attached hydrogen (secondary N) is 1. The maximum Gasteiger partial charge on any atom is 0.254 e. The first-order valence-electron chi connectivity index (χ1n) is 8.12. The van der Waals surface area contributed by atoms with E-state index in [1.807, 2.05) is 0 Å². The fraction of sp³-hybridized carbons (Fsp3) is 0.250. The number of nitrogens with two attached hydrogens (primary N) is 2. The van der Waals surface area contributed by atoms with Gasteiger partial charge in [-0.2, -0.15) is 9.61 Å². The Balaban J connectivity index is 1.70. The van der Waals surface area contributed by atoms with Gasteiger partial charge in [0.05, 0.1) is 24.4 Å². The highest BCUT2D eigenvalue weighted by Crippen LogP contribution is 2.30. The van der Waals surface area contributed by atoms with E-state index in [4.69, 9.17) is 32.5 Å². The maximum absolute atomic E-state index is 11.6. The first-order valence-corrected chi connectivity index (χ1v) is 8.50. The molecule has 3 aromatic rings. The zero-order chi connectivity index (χ0) is 19.0. The van der Waals surface area contributed by atoms with Crippen LogP contribution in [0, 0.1) is 0 Å². The normalized spacial score (nSPS) is 16.6. The molecule has 1 aliphatic rings. The minimum Gasteiger partial charge on any atom is -0.470 e. The predicted octanol–water partition coefficient (Wildman–Crippen LogP) is 1.37. The van der Waals surface area contributed by atoms with Crippen molar-refractivity contribution < 1.29 is 14.3 Å². The van der Waals surface area contributed by atoms with E-state index in [1.165, 1.54) is 16.9 Å². The Hall–Kier alpha value is -3.11. The molecule has 4 heterocycles. The number of hydrogen-bond acceptors (Lipinski definition) is 8. The number of anilines is 3. The smallest absolute Gasteiger partial charge is 0.254 e. The zero-order valence-corrected chi connectivity index (χ0v) is 14.8. The minimum absolute atomic E-state index is 0.0870. The summed E-state index contributed by atoms with van der Waals surface area (Å²) in [6.45, 7) is 1.14. The van der Waals surface area contributed by atoms with Crippen LogP contribution in [-0.2, 0) is 4.74 Å². The van der Waals surface area contributed by atoms with Crippen molar-refractivity contribution in [2.45, 2.75) is 12.5 Å². The fourth-order valence-electron chi connectivity index (χ4n) is 2.74. The Labute approximate surface area is 158 Å². The van der Waals surface area contributed by atoms with Crippen molar-refractivity contribution in [3.63, 3.8) is 0 Å². The lowest BCUT2D eigenvalue weighted by Gasteiger charge is -2.16. The molecule has 1 amide bonds. The lowest BCUT2D eigenvalue weighted by Crippen LogP contribution is -2.17. The molecule has 10 nitrogen and oxygen atoms in total. The van der Waals surface area contributed by atoms with Gasteiger partial charge in [0.1, 0.15) is 29.0 Å². The van der Waals surface area contributed by atoms with Gasteiger partial charge < -0.3 is 26.3 Å². The van der Waals surface area contributed by atoms with Gasteiger partial charge in [0.25, 0.3) is 5.91 Å². The molecule has 0 bridgehead atoms. The molecule has 27 heavy (non-hydrogen) atoms. The minimum atomic E-state index is -0.649. The molecule has 0 aromatic carbocycles. The topological polar surface area (TPSA) is 143 Å². The summed E-state index contributed by atoms with van der Waals surface area (Å²) in [5, 5.41) is 7.52. The SMILES string of the molecule is NC(=O)c1cnn2c(N)cc(Nc3cc(Cl)cnc3O[C@@H]3CCOC3)nc12. The van der Waals surface area contributed by atoms with Crippen molar-refractivity contribution in [1.29, 1.82) is 0 Å². The van der Waals surface area contributed by atoms with E-state index in [0.29, 0.717) is 35.6 Å². The number of primary amides is 1. The van der Waals surface area contributed by atoms with E-state index in [2.05, 4.69) is 20.4 Å². The first kappa shape index (κ1) is 17.3. The van der Waals surface area contributed by atoms with E-state index in [0.717, 1.165) is 6.42 Å². The molecule has 1 saturated heterocycles. The molecule has 0 unspecified atom stereocenters. The number of carbonyl (C=O) groups is 1. The van der Waals surface area contributed by atoms with Gasteiger partial charge in [0.15, 0.2) is 5.65 Å². The van der Waals surface area contributed by atoms with Gasteiger partial charge in [-0.25, -0.2) is 9.97 Å². The van der Waals surface area contributed by atoms with Crippen molar-refractivity contribution in [1.82, 2.24) is 19.6 Å². The van der Waals surface area contributed by atoms with Crippen molar-refractivity contribution in [2.24, 2.45) is 5.73 Å². The third-order valence-electron chi connectivity index (χ3n) is 4.01. The molecule has 0 spiro atoms. The second-order valence-corrected chi connectivity index (χ2v) is 6.40. The Morgan fingerprint density at radius 3 is 3.00 bits per heavy atom. The summed E-state index contributed by atoms with van der Waals surface area (Å²) in [6, 6.07) is 3.22. The molecule has 3 aromatic heterocycles. The largest absolute Gasteiger partial charge is 0.470 e. The van der Waals surface area contributed by atoms with Gasteiger partial charge in [0.2, 0.25) is 5.88 Å². The molecular formula is C16H16ClN7O3. The van der Waals surface area contributed by atoms with Crippen LogP contribution in [0.4, 0.5) is 17.3 Å². The molecular weight excluding hydrogens is 374 g/mol. The number of ether oxygens (including phenoxy) is 2. The number of fused-ring (bicyclic) bond motifs is 1. The molecule has 4 rings (SSSR count). The monoisotopic (exact) mass is 389 g/mol. The van der Waals surface area contributed by atoms with Gasteiger partial charge in [0, 0.05) is 18.7 Å². The van der Waals surface area contributed by atoms with E-state index in [-0.39, 0.29) is 23.1 Å². The maximum atomic E-state index is 11.6. The van der Waals surface area contributed by atoms with Crippen LogP contribution in [0.2, 0.25) is 5.02 Å². The predicted molar refractivity (Wildman–Crippen MR) is 98.3 cm³/mol. The number of nitrogen functional groups attached to an aromatic ring is 1. The van der Waals surface area contributed by atoms with Crippen LogP contribution in [-0.4, -0.2) is 44.8 Å². The molecule has 1 fully saturated rings. The summed E-state index contributed by atoms with van der Waals surface area (Å²) in [5.41, 5.74) is 12.3. The lowest BCUT2D eigenvalue weighted by molar-refractivity contribution is 0.100. The number of nitrogens with zero attached hydrogens (tertiary/aromatic N) is 4. The molecule has 1 aliphatic heterocycles. The van der Waals surface area contributed by atoms with Crippen LogP contribution in [0.25, 0.3) is 5.65 Å². The van der Waals surface area contributed by atoms with Crippen LogP contribution < -0.4 is 21.5 Å². The summed E-state index contributed by atoms with van der Waals surface area (Å²) >= 11 is 6.07. The van der Waals surface area contributed by atoms with Crippen LogP contribution in [0.5, 0.6) is 5.88 Å². The van der Waals surface area contributed by atoms with Gasteiger partial charge in [-0.15, -0.1) is 0 Å². The Morgan fingerprint density at radius 1 is 1.41 bits per heavy atom. The summed E-state index contributed by atoms with van der Waals surface area (Å²) in [4.78, 5) is 20.2. The van der Waals surface area contributed by atoms with E-state index in [9.17, 15) is 4.79 Å². The van der Waals surface area contributed by atoms with Crippen LogP contribution in [0.1, 0.15) is 16.8 Å². The number of halogens is 1. The number of amides is 1. The first-order chi connectivity index (χ1) is 13.0. The second-order valence-electron chi connectivity index (χ2n) is 5.96. The van der Waals surface area contributed by atoms with E-state index < -0.39 is 5.91 Å². The molecule has 11 heteroatoms. The Bertz CT molecular complexity index is 1020. The van der Waals surface area contributed by atoms with Crippen LogP contribution in [0.15, 0.2) is 24.5 Å². The molecule has 0 aliphatic carbocycles. The summed E-state index contributed by atoms with van der Waals surface area (Å²) in [6.07, 6.45) is 3.50. The quantitative estimate of drug-likeness (QED) is 0.593. The zero-order valence-electron chi connectivity index (χ0n) is 14.1. The summed E-state index contributed by atoms with van der Waals surface area (Å²) in [5.74, 6) is 0.346.